The van der Waals surface area contributed by atoms with Crippen LogP contribution in [0.5, 0.6) is 0 Å². The van der Waals surface area contributed by atoms with E-state index in [0.717, 1.165) is 24.3 Å². The predicted octanol–water partition coefficient (Wildman–Crippen LogP) is 2.37. The van der Waals surface area contributed by atoms with E-state index in [9.17, 15) is 4.79 Å². The third-order valence-electron chi connectivity index (χ3n) is 4.28. The van der Waals surface area contributed by atoms with Crippen molar-refractivity contribution < 1.29 is 0 Å². The van der Waals surface area contributed by atoms with Gasteiger partial charge in [-0.15, -0.1) is 0 Å². The number of nitrogens with one attached hydrogen (secondary N) is 2. The zero-order chi connectivity index (χ0) is 14.2. The van der Waals surface area contributed by atoms with E-state index in [2.05, 4.69) is 34.6 Å². The molecule has 1 saturated heterocycles. The van der Waals surface area contributed by atoms with Crippen molar-refractivity contribution in [3.05, 3.63) is 64.7 Å². The van der Waals surface area contributed by atoms with Gasteiger partial charge in [0.1, 0.15) is 5.52 Å². The second kappa shape index (κ2) is 4.90. The highest BCUT2D eigenvalue weighted by Crippen LogP contribution is 2.25. The van der Waals surface area contributed by atoms with Gasteiger partial charge in [0, 0.05) is 18.9 Å². The molecule has 0 spiro atoms. The van der Waals surface area contributed by atoms with E-state index in [1.807, 2.05) is 28.9 Å². The Morgan fingerprint density at radius 1 is 1.14 bits per heavy atom. The molecule has 2 aromatic heterocycles. The van der Waals surface area contributed by atoms with Crippen LogP contribution in [-0.2, 0) is 0 Å². The molecule has 1 aliphatic heterocycles. The molecule has 0 saturated carbocycles. The zero-order valence-corrected chi connectivity index (χ0v) is 11.7. The van der Waals surface area contributed by atoms with Gasteiger partial charge < -0.3 is 14.7 Å². The van der Waals surface area contributed by atoms with Gasteiger partial charge in [-0.05, 0) is 42.1 Å². The number of hydrogen-bond donors (Lipinski definition) is 2. The minimum absolute atomic E-state index is 0.0541. The third kappa shape index (κ3) is 2.17. The Labute approximate surface area is 122 Å². The van der Waals surface area contributed by atoms with Crippen molar-refractivity contribution in [2.45, 2.75) is 12.3 Å². The number of hydrogen-bond acceptors (Lipinski definition) is 2. The highest BCUT2D eigenvalue weighted by Gasteiger charge is 2.16. The lowest BCUT2D eigenvalue weighted by Crippen LogP contribution is -2.10. The molecule has 21 heavy (non-hydrogen) atoms. The SMILES string of the molecule is O=c1[nH]c(-c2ccc(C3CCNC3)cc2)cn2cccc12. The molecule has 4 heteroatoms. The van der Waals surface area contributed by atoms with E-state index >= 15 is 0 Å². The van der Waals surface area contributed by atoms with Gasteiger partial charge in [0.05, 0.1) is 5.69 Å². The van der Waals surface area contributed by atoms with E-state index in [4.69, 9.17) is 0 Å². The van der Waals surface area contributed by atoms with Crippen LogP contribution in [-0.4, -0.2) is 22.5 Å². The number of aromatic nitrogens is 2. The van der Waals surface area contributed by atoms with Gasteiger partial charge in [-0.2, -0.15) is 0 Å². The Morgan fingerprint density at radius 3 is 2.76 bits per heavy atom. The average Bonchev–Trinajstić information content (AvgIpc) is 3.19. The molecule has 0 aliphatic carbocycles. The van der Waals surface area contributed by atoms with Crippen LogP contribution in [0.1, 0.15) is 17.9 Å². The van der Waals surface area contributed by atoms with Gasteiger partial charge in [-0.1, -0.05) is 24.3 Å². The summed E-state index contributed by atoms with van der Waals surface area (Å²) in [5, 5.41) is 3.39. The zero-order valence-electron chi connectivity index (χ0n) is 11.7. The maximum Gasteiger partial charge on any atom is 0.272 e. The summed E-state index contributed by atoms with van der Waals surface area (Å²) in [6.07, 6.45) is 5.06. The smallest absolute Gasteiger partial charge is 0.272 e. The maximum absolute atomic E-state index is 12.0. The van der Waals surface area contributed by atoms with Gasteiger partial charge in [-0.25, -0.2) is 0 Å². The van der Waals surface area contributed by atoms with Crippen molar-refractivity contribution in [3.8, 4) is 11.3 Å². The van der Waals surface area contributed by atoms with E-state index in [0.29, 0.717) is 11.4 Å². The lowest BCUT2D eigenvalue weighted by Gasteiger charge is -2.10. The summed E-state index contributed by atoms with van der Waals surface area (Å²) in [5.74, 6) is 0.616. The molecule has 1 aliphatic rings. The highest BCUT2D eigenvalue weighted by atomic mass is 16.1. The summed E-state index contributed by atoms with van der Waals surface area (Å²) < 4.78 is 1.86. The van der Waals surface area contributed by atoms with Crippen molar-refractivity contribution in [2.75, 3.05) is 13.1 Å². The largest absolute Gasteiger partial charge is 0.319 e. The number of rotatable bonds is 2. The number of benzene rings is 1. The van der Waals surface area contributed by atoms with Crippen LogP contribution in [0, 0.1) is 0 Å². The Bertz CT molecular complexity index is 823. The van der Waals surface area contributed by atoms with Gasteiger partial charge in [0.15, 0.2) is 0 Å². The van der Waals surface area contributed by atoms with Crippen LogP contribution in [0.15, 0.2) is 53.6 Å². The van der Waals surface area contributed by atoms with Crippen molar-refractivity contribution in [1.82, 2.24) is 14.7 Å². The summed E-state index contributed by atoms with van der Waals surface area (Å²) in [7, 11) is 0. The minimum atomic E-state index is -0.0541. The predicted molar refractivity (Wildman–Crippen MR) is 83.7 cm³/mol. The number of aromatic amines is 1. The second-order valence-electron chi connectivity index (χ2n) is 5.61. The standard InChI is InChI=1S/C17H17N3O/c21-17-16-2-1-9-20(16)11-15(19-17)13-5-3-12(4-6-13)14-7-8-18-10-14/h1-6,9,11,14,18H,7-8,10H2,(H,19,21). The first-order valence-electron chi connectivity index (χ1n) is 7.32. The average molecular weight is 279 g/mol. The van der Waals surface area contributed by atoms with Crippen LogP contribution in [0.25, 0.3) is 16.8 Å². The fourth-order valence-corrected chi connectivity index (χ4v) is 3.08. The van der Waals surface area contributed by atoms with Crippen LogP contribution < -0.4 is 10.9 Å². The number of nitrogens with zero attached hydrogens (tertiary/aromatic N) is 1. The summed E-state index contributed by atoms with van der Waals surface area (Å²) in [6.45, 7) is 2.16. The molecule has 2 N–H and O–H groups in total. The number of fused-ring (bicyclic) bond motifs is 1. The van der Waals surface area contributed by atoms with Gasteiger partial charge in [-0.3, -0.25) is 4.79 Å². The van der Waals surface area contributed by atoms with Gasteiger partial charge in [0.2, 0.25) is 0 Å². The molecule has 1 unspecified atom stereocenters. The first kappa shape index (κ1) is 12.4. The van der Waals surface area contributed by atoms with Gasteiger partial charge >= 0.3 is 0 Å². The van der Waals surface area contributed by atoms with Crippen LogP contribution in [0.2, 0.25) is 0 Å². The third-order valence-corrected chi connectivity index (χ3v) is 4.28. The molecular weight excluding hydrogens is 262 g/mol. The monoisotopic (exact) mass is 279 g/mol. The lowest BCUT2D eigenvalue weighted by atomic mass is 9.97. The Morgan fingerprint density at radius 2 is 2.00 bits per heavy atom. The summed E-state index contributed by atoms with van der Waals surface area (Å²) in [6, 6.07) is 12.2. The number of H-pyrrole nitrogens is 1. The van der Waals surface area contributed by atoms with Crippen molar-refractivity contribution in [2.24, 2.45) is 0 Å². The molecule has 3 aromatic rings. The molecular formula is C17H17N3O. The Hall–Kier alpha value is -2.33. The molecule has 106 valence electrons. The van der Waals surface area contributed by atoms with Crippen molar-refractivity contribution >= 4 is 5.52 Å². The highest BCUT2D eigenvalue weighted by molar-refractivity contribution is 5.61. The molecule has 3 heterocycles. The van der Waals surface area contributed by atoms with Crippen LogP contribution in [0.3, 0.4) is 0 Å². The van der Waals surface area contributed by atoms with Crippen molar-refractivity contribution in [1.29, 1.82) is 0 Å². The minimum Gasteiger partial charge on any atom is -0.319 e. The van der Waals surface area contributed by atoms with Crippen LogP contribution >= 0.6 is 0 Å². The quantitative estimate of drug-likeness (QED) is 0.756. The lowest BCUT2D eigenvalue weighted by molar-refractivity contribution is 0.763. The molecule has 1 atom stereocenters. The summed E-state index contributed by atoms with van der Waals surface area (Å²) >= 11 is 0. The normalized spacial score (nSPS) is 18.4. The first-order chi connectivity index (χ1) is 10.3. The molecule has 0 radical (unpaired) electrons. The fourth-order valence-electron chi connectivity index (χ4n) is 3.08. The topological polar surface area (TPSA) is 49.3 Å². The maximum atomic E-state index is 12.0. The van der Waals surface area contributed by atoms with Gasteiger partial charge in [0.25, 0.3) is 5.56 Å². The second-order valence-corrected chi connectivity index (χ2v) is 5.61. The first-order valence-corrected chi connectivity index (χ1v) is 7.32. The van der Waals surface area contributed by atoms with E-state index in [1.165, 1.54) is 12.0 Å². The van der Waals surface area contributed by atoms with Crippen molar-refractivity contribution in [3.63, 3.8) is 0 Å². The fraction of sp³-hybridized carbons (Fsp3) is 0.235. The molecule has 4 nitrogen and oxygen atoms in total. The molecule has 4 rings (SSSR count). The molecule has 1 fully saturated rings. The summed E-state index contributed by atoms with van der Waals surface area (Å²) in [4.78, 5) is 15.0. The van der Waals surface area contributed by atoms with E-state index in [1.54, 1.807) is 0 Å². The molecule has 0 amide bonds. The van der Waals surface area contributed by atoms with E-state index < -0.39 is 0 Å². The van der Waals surface area contributed by atoms with E-state index in [-0.39, 0.29) is 5.56 Å². The Kier molecular flexibility index (Phi) is 2.89. The Balaban J connectivity index is 1.72. The molecule has 1 aromatic carbocycles. The van der Waals surface area contributed by atoms with Crippen LogP contribution in [0.4, 0.5) is 0 Å². The molecule has 0 bridgehead atoms. The summed E-state index contributed by atoms with van der Waals surface area (Å²) in [5.41, 5.74) is 3.87.